The van der Waals surface area contributed by atoms with Crippen LogP contribution in [-0.2, 0) is 22.4 Å². The van der Waals surface area contributed by atoms with Crippen molar-refractivity contribution in [3.05, 3.63) is 35.4 Å². The van der Waals surface area contributed by atoms with Gasteiger partial charge >= 0.3 is 0 Å². The van der Waals surface area contributed by atoms with E-state index in [4.69, 9.17) is 9.47 Å². The summed E-state index contributed by atoms with van der Waals surface area (Å²) >= 11 is 0. The molecule has 0 amide bonds. The molecule has 1 aliphatic heterocycles. The fourth-order valence-electron chi connectivity index (χ4n) is 2.91. The molecule has 1 aromatic carbocycles. The summed E-state index contributed by atoms with van der Waals surface area (Å²) in [5.41, 5.74) is 2.93. The van der Waals surface area contributed by atoms with Gasteiger partial charge in [-0.25, -0.2) is 0 Å². The van der Waals surface area contributed by atoms with E-state index >= 15 is 0 Å². The van der Waals surface area contributed by atoms with E-state index < -0.39 is 0 Å². The number of fused-ring (bicyclic) bond motifs is 1. The van der Waals surface area contributed by atoms with Gasteiger partial charge in [-0.15, -0.1) is 0 Å². The Hall–Kier alpha value is -0.940. The second-order valence-corrected chi connectivity index (χ2v) is 5.69. The van der Waals surface area contributed by atoms with Crippen molar-refractivity contribution in [1.29, 1.82) is 0 Å². The van der Waals surface area contributed by atoms with Gasteiger partial charge in [-0.3, -0.25) is 4.90 Å². The molecule has 0 fully saturated rings. The number of hydrogen-bond acceptors (Lipinski definition) is 4. The molecule has 4 heteroatoms. The average Bonchev–Trinajstić information content (AvgIpc) is 2.52. The van der Waals surface area contributed by atoms with Crippen molar-refractivity contribution < 1.29 is 9.47 Å². The van der Waals surface area contributed by atoms with E-state index in [0.717, 1.165) is 52.2 Å². The predicted molar refractivity (Wildman–Crippen MR) is 85.6 cm³/mol. The van der Waals surface area contributed by atoms with E-state index in [9.17, 15) is 0 Å². The number of benzene rings is 1. The largest absolute Gasteiger partial charge is 0.385 e. The maximum absolute atomic E-state index is 5.23. The van der Waals surface area contributed by atoms with E-state index in [2.05, 4.69) is 34.5 Å². The molecular formula is C17H28N2O2. The molecule has 118 valence electrons. The maximum Gasteiger partial charge on any atom is 0.0589 e. The first-order chi connectivity index (χ1) is 10.3. The first-order valence-corrected chi connectivity index (χ1v) is 7.84. The number of rotatable bonds is 9. The van der Waals surface area contributed by atoms with Gasteiger partial charge in [0.15, 0.2) is 0 Å². The zero-order valence-corrected chi connectivity index (χ0v) is 13.3. The quantitative estimate of drug-likeness (QED) is 0.702. The molecule has 1 heterocycles. The summed E-state index contributed by atoms with van der Waals surface area (Å²) in [4.78, 5) is 2.48. The van der Waals surface area contributed by atoms with Crippen molar-refractivity contribution in [3.63, 3.8) is 0 Å². The van der Waals surface area contributed by atoms with Crippen LogP contribution in [0.3, 0.4) is 0 Å². The Morgan fingerprint density at radius 2 is 1.86 bits per heavy atom. The van der Waals surface area contributed by atoms with Crippen molar-refractivity contribution in [2.45, 2.75) is 25.4 Å². The van der Waals surface area contributed by atoms with Gasteiger partial charge in [0.2, 0.25) is 0 Å². The van der Waals surface area contributed by atoms with Gasteiger partial charge in [0.25, 0.3) is 0 Å². The van der Waals surface area contributed by atoms with Gasteiger partial charge in [-0.1, -0.05) is 24.3 Å². The van der Waals surface area contributed by atoms with E-state index in [-0.39, 0.29) is 0 Å². The molecule has 1 atom stereocenters. The van der Waals surface area contributed by atoms with Crippen LogP contribution >= 0.6 is 0 Å². The van der Waals surface area contributed by atoms with Crippen molar-refractivity contribution in [1.82, 2.24) is 10.2 Å². The number of methoxy groups -OCH3 is 2. The zero-order valence-electron chi connectivity index (χ0n) is 13.3. The summed E-state index contributed by atoms with van der Waals surface area (Å²) < 4.78 is 10.4. The van der Waals surface area contributed by atoms with E-state index in [1.165, 1.54) is 11.1 Å². The van der Waals surface area contributed by atoms with Crippen LogP contribution in [0.4, 0.5) is 0 Å². The molecule has 0 saturated heterocycles. The lowest BCUT2D eigenvalue weighted by Crippen LogP contribution is -2.45. The Morgan fingerprint density at radius 1 is 1.10 bits per heavy atom. The van der Waals surface area contributed by atoms with Gasteiger partial charge in [-0.05, 0) is 24.0 Å². The minimum Gasteiger partial charge on any atom is -0.385 e. The zero-order chi connectivity index (χ0) is 14.9. The highest BCUT2D eigenvalue weighted by molar-refractivity contribution is 5.29. The minimum absolute atomic E-state index is 0.527. The van der Waals surface area contributed by atoms with Crippen LogP contribution in [0.5, 0.6) is 0 Å². The molecule has 1 N–H and O–H groups in total. The summed E-state index contributed by atoms with van der Waals surface area (Å²) in [6.07, 6.45) is 2.19. The summed E-state index contributed by atoms with van der Waals surface area (Å²) in [5, 5.41) is 3.66. The van der Waals surface area contributed by atoms with Crippen LogP contribution < -0.4 is 5.32 Å². The molecule has 0 spiro atoms. The first kappa shape index (κ1) is 16.4. The summed E-state index contributed by atoms with van der Waals surface area (Å²) in [6.45, 7) is 5.72. The molecular weight excluding hydrogens is 264 g/mol. The smallest absolute Gasteiger partial charge is 0.0589 e. The Kier molecular flexibility index (Phi) is 7.16. The Bertz CT molecular complexity index is 412. The van der Waals surface area contributed by atoms with Crippen LogP contribution in [0.15, 0.2) is 24.3 Å². The van der Waals surface area contributed by atoms with Crippen molar-refractivity contribution in [2.75, 3.05) is 47.1 Å². The second-order valence-electron chi connectivity index (χ2n) is 5.69. The predicted octanol–water partition coefficient (Wildman–Crippen LogP) is 1.69. The minimum atomic E-state index is 0.527. The van der Waals surface area contributed by atoms with Crippen molar-refractivity contribution >= 4 is 0 Å². The van der Waals surface area contributed by atoms with E-state index in [0.29, 0.717) is 6.04 Å². The number of hydrogen-bond donors (Lipinski definition) is 1. The van der Waals surface area contributed by atoms with E-state index in [1.54, 1.807) is 14.2 Å². The van der Waals surface area contributed by atoms with Crippen LogP contribution in [-0.4, -0.2) is 58.0 Å². The Balaban J connectivity index is 1.85. The number of nitrogens with one attached hydrogen (secondary N) is 1. The van der Waals surface area contributed by atoms with Gasteiger partial charge in [-0.2, -0.15) is 0 Å². The van der Waals surface area contributed by atoms with E-state index in [1.807, 2.05) is 0 Å². The lowest BCUT2D eigenvalue weighted by Gasteiger charge is -2.31. The molecule has 0 aromatic heterocycles. The van der Waals surface area contributed by atoms with Gasteiger partial charge in [0.1, 0.15) is 0 Å². The van der Waals surface area contributed by atoms with Crippen molar-refractivity contribution in [3.8, 4) is 0 Å². The second kappa shape index (κ2) is 9.15. The third kappa shape index (κ3) is 5.40. The molecule has 0 aliphatic carbocycles. The van der Waals surface area contributed by atoms with Crippen LogP contribution in [0.25, 0.3) is 0 Å². The number of ether oxygens (including phenoxy) is 2. The molecule has 4 nitrogen and oxygen atoms in total. The van der Waals surface area contributed by atoms with Crippen molar-refractivity contribution in [2.24, 2.45) is 0 Å². The lowest BCUT2D eigenvalue weighted by molar-refractivity contribution is 0.125. The molecule has 1 aliphatic rings. The van der Waals surface area contributed by atoms with Crippen LogP contribution in [0.1, 0.15) is 17.5 Å². The monoisotopic (exact) mass is 292 g/mol. The summed E-state index contributed by atoms with van der Waals surface area (Å²) in [7, 11) is 3.53. The molecule has 0 radical (unpaired) electrons. The Morgan fingerprint density at radius 3 is 2.62 bits per heavy atom. The van der Waals surface area contributed by atoms with Crippen LogP contribution in [0.2, 0.25) is 0 Å². The highest BCUT2D eigenvalue weighted by atomic mass is 16.5. The lowest BCUT2D eigenvalue weighted by atomic mass is 9.95. The molecule has 1 aromatic rings. The molecule has 1 unspecified atom stereocenters. The SMILES string of the molecule is COCCCN(CCOC)CC1Cc2ccccc2CN1. The molecule has 2 rings (SSSR count). The van der Waals surface area contributed by atoms with Gasteiger partial charge in [0.05, 0.1) is 6.61 Å². The number of nitrogens with zero attached hydrogens (tertiary/aromatic N) is 1. The fraction of sp³-hybridized carbons (Fsp3) is 0.647. The topological polar surface area (TPSA) is 33.7 Å². The first-order valence-electron chi connectivity index (χ1n) is 7.84. The fourth-order valence-corrected chi connectivity index (χ4v) is 2.91. The summed E-state index contributed by atoms with van der Waals surface area (Å²) in [6, 6.07) is 9.27. The third-order valence-electron chi connectivity index (χ3n) is 4.08. The summed E-state index contributed by atoms with van der Waals surface area (Å²) in [5.74, 6) is 0. The average molecular weight is 292 g/mol. The standard InChI is InChI=1S/C17H28N2O2/c1-20-10-5-8-19(9-11-21-2)14-17-12-15-6-3-4-7-16(15)13-18-17/h3-4,6-7,17-18H,5,8-14H2,1-2H3. The molecule has 0 bridgehead atoms. The van der Waals surface area contributed by atoms with Crippen LogP contribution in [0, 0.1) is 0 Å². The highest BCUT2D eigenvalue weighted by Crippen LogP contribution is 2.16. The van der Waals surface area contributed by atoms with Gasteiger partial charge in [0, 0.05) is 53.0 Å². The highest BCUT2D eigenvalue weighted by Gasteiger charge is 2.19. The molecule has 0 saturated carbocycles. The van der Waals surface area contributed by atoms with Gasteiger partial charge < -0.3 is 14.8 Å². The maximum atomic E-state index is 5.23. The normalized spacial score (nSPS) is 18.0. The molecule has 21 heavy (non-hydrogen) atoms. The Labute approximate surface area is 128 Å². The third-order valence-corrected chi connectivity index (χ3v) is 4.08.